The normalized spacial score (nSPS) is 10.9. The van der Waals surface area contributed by atoms with Crippen LogP contribution in [0.3, 0.4) is 0 Å². The minimum absolute atomic E-state index is 0.0196. The van der Waals surface area contributed by atoms with E-state index in [9.17, 15) is 20.2 Å². The molecule has 1 aromatic heterocycles. The van der Waals surface area contributed by atoms with E-state index in [0.29, 0.717) is 27.4 Å². The molecular weight excluding hydrogens is 378 g/mol. The second-order valence-electron chi connectivity index (χ2n) is 5.63. The van der Waals surface area contributed by atoms with E-state index in [1.54, 1.807) is 47.9 Å². The fourth-order valence-corrected chi connectivity index (χ4v) is 3.25. The Morgan fingerprint density at radius 2 is 2.04 bits per heavy atom. The smallest absolute Gasteiger partial charge is 0.337 e. The van der Waals surface area contributed by atoms with Crippen LogP contribution in [0.1, 0.15) is 20.9 Å². The van der Waals surface area contributed by atoms with Crippen LogP contribution in [0, 0.1) is 21.4 Å². The number of hydrogen-bond donors (Lipinski definition) is 0. The van der Waals surface area contributed by atoms with Gasteiger partial charge in [0, 0.05) is 23.1 Å². The third kappa shape index (κ3) is 4.11. The van der Waals surface area contributed by atoms with Gasteiger partial charge in [-0.25, -0.2) is 9.78 Å². The van der Waals surface area contributed by atoms with Crippen molar-refractivity contribution < 1.29 is 14.5 Å². The van der Waals surface area contributed by atoms with Gasteiger partial charge in [-0.3, -0.25) is 10.1 Å². The van der Waals surface area contributed by atoms with E-state index in [1.807, 2.05) is 0 Å². The van der Waals surface area contributed by atoms with Gasteiger partial charge in [0.1, 0.15) is 11.1 Å². The number of nitriles is 1. The maximum absolute atomic E-state index is 11.5. The Balaban J connectivity index is 1.89. The van der Waals surface area contributed by atoms with Crippen LogP contribution in [-0.4, -0.2) is 23.0 Å². The molecule has 0 aliphatic carbocycles. The van der Waals surface area contributed by atoms with E-state index >= 15 is 0 Å². The van der Waals surface area contributed by atoms with Crippen LogP contribution in [0.25, 0.3) is 22.9 Å². The van der Waals surface area contributed by atoms with E-state index < -0.39 is 10.9 Å². The van der Waals surface area contributed by atoms with Crippen LogP contribution in [0.5, 0.6) is 0 Å². The molecule has 0 N–H and O–H groups in total. The fourth-order valence-electron chi connectivity index (χ4n) is 2.45. The second kappa shape index (κ2) is 8.24. The highest BCUT2D eigenvalue weighted by molar-refractivity contribution is 7.11. The molecule has 8 heteroatoms. The lowest BCUT2D eigenvalue weighted by atomic mass is 10.1. The highest BCUT2D eigenvalue weighted by Crippen LogP contribution is 2.29. The lowest BCUT2D eigenvalue weighted by Crippen LogP contribution is -2.00. The van der Waals surface area contributed by atoms with Crippen LogP contribution >= 0.6 is 11.3 Å². The van der Waals surface area contributed by atoms with Crippen LogP contribution in [0.2, 0.25) is 0 Å². The molecule has 0 aliphatic rings. The van der Waals surface area contributed by atoms with Gasteiger partial charge in [-0.1, -0.05) is 24.3 Å². The molecule has 0 fully saturated rings. The molecule has 0 bridgehead atoms. The summed E-state index contributed by atoms with van der Waals surface area (Å²) in [5.74, 6) is -0.433. The first kappa shape index (κ1) is 18.9. The second-order valence-corrected chi connectivity index (χ2v) is 6.49. The minimum atomic E-state index is -0.463. The van der Waals surface area contributed by atoms with Gasteiger partial charge in [0.2, 0.25) is 0 Å². The summed E-state index contributed by atoms with van der Waals surface area (Å²) in [6.07, 6.45) is 1.66. The molecule has 2 aromatic carbocycles. The van der Waals surface area contributed by atoms with Gasteiger partial charge < -0.3 is 4.74 Å². The van der Waals surface area contributed by atoms with Gasteiger partial charge in [0.25, 0.3) is 5.69 Å². The minimum Gasteiger partial charge on any atom is -0.465 e. The summed E-state index contributed by atoms with van der Waals surface area (Å²) in [6.45, 7) is 0. The Hall–Kier alpha value is -3.83. The molecule has 1 heterocycles. The van der Waals surface area contributed by atoms with Gasteiger partial charge in [-0.05, 0) is 23.8 Å². The Morgan fingerprint density at radius 1 is 1.29 bits per heavy atom. The zero-order chi connectivity index (χ0) is 20.1. The van der Waals surface area contributed by atoms with Gasteiger partial charge in [-0.2, -0.15) is 5.26 Å². The molecule has 0 saturated heterocycles. The molecule has 0 radical (unpaired) electrons. The highest BCUT2D eigenvalue weighted by atomic mass is 32.1. The van der Waals surface area contributed by atoms with Crippen molar-refractivity contribution in [3.8, 4) is 17.3 Å². The van der Waals surface area contributed by atoms with Crippen LogP contribution in [0.15, 0.2) is 53.9 Å². The monoisotopic (exact) mass is 391 g/mol. The van der Waals surface area contributed by atoms with Crippen molar-refractivity contribution in [1.82, 2.24) is 4.98 Å². The number of nitro benzene ring substituents is 1. The zero-order valence-electron chi connectivity index (χ0n) is 14.7. The van der Waals surface area contributed by atoms with Crippen molar-refractivity contribution in [2.75, 3.05) is 7.11 Å². The summed E-state index contributed by atoms with van der Waals surface area (Å²) in [5.41, 5.74) is 2.65. The molecule has 0 unspecified atom stereocenters. The number of rotatable bonds is 5. The van der Waals surface area contributed by atoms with Crippen molar-refractivity contribution in [3.05, 3.63) is 80.2 Å². The third-order valence-corrected chi connectivity index (χ3v) is 4.73. The standard InChI is InChI=1S/C20H13N3O4S/c1-27-20(24)14-7-5-13(6-8-14)9-16(11-21)19-22-18(12-28-19)15-3-2-4-17(10-15)23(25)26/h2-10,12H,1H3/b16-9-. The number of thiazole rings is 1. The van der Waals surface area contributed by atoms with E-state index in [0.717, 1.165) is 5.56 Å². The number of benzene rings is 2. The van der Waals surface area contributed by atoms with Crippen LogP contribution in [0.4, 0.5) is 5.69 Å². The van der Waals surface area contributed by atoms with Crippen molar-refractivity contribution in [2.24, 2.45) is 0 Å². The highest BCUT2D eigenvalue weighted by Gasteiger charge is 2.12. The predicted molar refractivity (Wildman–Crippen MR) is 105 cm³/mol. The SMILES string of the molecule is COC(=O)c1ccc(/C=C(/C#N)c2nc(-c3cccc([N+](=O)[O-])c3)cs2)cc1. The van der Waals surface area contributed by atoms with Gasteiger partial charge >= 0.3 is 5.97 Å². The molecule has 0 aliphatic heterocycles. The summed E-state index contributed by atoms with van der Waals surface area (Å²) < 4.78 is 4.66. The van der Waals surface area contributed by atoms with Crippen LogP contribution in [-0.2, 0) is 4.74 Å². The maximum atomic E-state index is 11.5. The molecule has 0 amide bonds. The Labute approximate surface area is 164 Å². The van der Waals surface area contributed by atoms with E-state index in [4.69, 9.17) is 0 Å². The third-order valence-electron chi connectivity index (χ3n) is 3.85. The van der Waals surface area contributed by atoms with Gasteiger partial charge in [0.15, 0.2) is 0 Å². The first-order valence-electron chi connectivity index (χ1n) is 8.02. The largest absolute Gasteiger partial charge is 0.465 e. The summed E-state index contributed by atoms with van der Waals surface area (Å²) in [5, 5.41) is 22.7. The lowest BCUT2D eigenvalue weighted by Gasteiger charge is -2.00. The van der Waals surface area contributed by atoms with E-state index in [2.05, 4.69) is 15.8 Å². The molecule has 28 heavy (non-hydrogen) atoms. The summed E-state index contributed by atoms with van der Waals surface area (Å²) in [7, 11) is 1.31. The number of carbonyl (C=O) groups excluding carboxylic acids is 1. The average Bonchev–Trinajstić information content (AvgIpc) is 3.22. The Bertz CT molecular complexity index is 1110. The predicted octanol–water partition coefficient (Wildman–Crippen LogP) is 4.57. The zero-order valence-corrected chi connectivity index (χ0v) is 15.5. The summed E-state index contributed by atoms with van der Waals surface area (Å²) in [4.78, 5) is 26.4. The average molecular weight is 391 g/mol. The molecule has 138 valence electrons. The number of aromatic nitrogens is 1. The maximum Gasteiger partial charge on any atom is 0.337 e. The fraction of sp³-hybridized carbons (Fsp3) is 0.0500. The number of non-ortho nitro benzene ring substituents is 1. The van der Waals surface area contributed by atoms with Crippen LogP contribution < -0.4 is 0 Å². The molecule has 3 aromatic rings. The van der Waals surface area contributed by atoms with E-state index in [1.165, 1.54) is 30.6 Å². The Morgan fingerprint density at radius 3 is 2.68 bits per heavy atom. The quantitative estimate of drug-likeness (QED) is 0.273. The number of methoxy groups -OCH3 is 1. The Kier molecular flexibility index (Phi) is 5.58. The molecule has 7 nitrogen and oxygen atoms in total. The van der Waals surface area contributed by atoms with E-state index in [-0.39, 0.29) is 5.69 Å². The topological polar surface area (TPSA) is 106 Å². The molecule has 0 atom stereocenters. The van der Waals surface area contributed by atoms with Gasteiger partial charge in [0.05, 0.1) is 28.9 Å². The molecule has 3 rings (SSSR count). The number of carbonyl (C=O) groups is 1. The van der Waals surface area contributed by atoms with Gasteiger partial charge in [-0.15, -0.1) is 11.3 Å². The van der Waals surface area contributed by atoms with Crippen molar-refractivity contribution in [2.45, 2.75) is 0 Å². The molecular formula is C20H13N3O4S. The van der Waals surface area contributed by atoms with Crippen molar-refractivity contribution >= 4 is 34.6 Å². The number of nitrogens with zero attached hydrogens (tertiary/aromatic N) is 3. The number of esters is 1. The molecule has 0 saturated carbocycles. The summed E-state index contributed by atoms with van der Waals surface area (Å²) >= 11 is 1.28. The summed E-state index contributed by atoms with van der Waals surface area (Å²) in [6, 6.07) is 14.9. The molecule has 0 spiro atoms. The number of nitro groups is 1. The lowest BCUT2D eigenvalue weighted by molar-refractivity contribution is -0.384. The van der Waals surface area contributed by atoms with Crippen molar-refractivity contribution in [1.29, 1.82) is 5.26 Å². The van der Waals surface area contributed by atoms with Crippen molar-refractivity contribution in [3.63, 3.8) is 0 Å². The number of allylic oxidation sites excluding steroid dienone is 1. The number of ether oxygens (including phenoxy) is 1. The first-order chi connectivity index (χ1) is 13.5. The number of hydrogen-bond acceptors (Lipinski definition) is 7. The first-order valence-corrected chi connectivity index (χ1v) is 8.90.